The van der Waals surface area contributed by atoms with E-state index >= 15 is 0 Å². The van der Waals surface area contributed by atoms with E-state index in [1.807, 2.05) is 4.90 Å². The quantitative estimate of drug-likeness (QED) is 0.688. The summed E-state index contributed by atoms with van der Waals surface area (Å²) in [4.78, 5) is 13.8. The van der Waals surface area contributed by atoms with Crippen LogP contribution in [0.3, 0.4) is 0 Å². The molecule has 1 saturated carbocycles. The fourth-order valence-corrected chi connectivity index (χ4v) is 2.77. The number of carbonyl (C=O) groups excluding carboxylic acids is 1. The largest absolute Gasteiger partial charge is 0.340 e. The van der Waals surface area contributed by atoms with Gasteiger partial charge in [0.2, 0.25) is 5.91 Å². The zero-order valence-electron chi connectivity index (χ0n) is 8.79. The van der Waals surface area contributed by atoms with Crippen LogP contribution in [0.2, 0.25) is 0 Å². The van der Waals surface area contributed by atoms with Gasteiger partial charge < -0.3 is 10.2 Å². The maximum absolute atomic E-state index is 12.8. The van der Waals surface area contributed by atoms with E-state index in [1.165, 1.54) is 6.42 Å². The number of rotatable bonds is 1. The van der Waals surface area contributed by atoms with Crippen LogP contribution < -0.4 is 5.32 Å². The van der Waals surface area contributed by atoms with Gasteiger partial charge in [-0.05, 0) is 31.7 Å². The number of halogens is 1. The van der Waals surface area contributed by atoms with E-state index in [0.29, 0.717) is 18.4 Å². The zero-order valence-corrected chi connectivity index (χ0v) is 8.79. The van der Waals surface area contributed by atoms with Crippen LogP contribution in [-0.2, 0) is 4.79 Å². The molecule has 3 aliphatic heterocycles. The minimum atomic E-state index is -0.855. The molecule has 3 saturated heterocycles. The zero-order chi connectivity index (χ0) is 10.4. The lowest BCUT2D eigenvalue weighted by Gasteiger charge is -2.23. The Morgan fingerprint density at radius 3 is 2.73 bits per heavy atom. The van der Waals surface area contributed by atoms with Crippen LogP contribution in [0.15, 0.2) is 0 Å². The van der Waals surface area contributed by atoms with Crippen molar-refractivity contribution in [1.82, 2.24) is 10.2 Å². The third-order valence-electron chi connectivity index (χ3n) is 3.88. The van der Waals surface area contributed by atoms with E-state index in [2.05, 4.69) is 5.32 Å². The summed E-state index contributed by atoms with van der Waals surface area (Å²) in [5, 5.41) is 3.45. The van der Waals surface area contributed by atoms with Gasteiger partial charge in [0.05, 0.1) is 5.92 Å². The molecule has 1 amide bonds. The number of carbonyl (C=O) groups is 1. The molecular formula is C11H17FN2O. The summed E-state index contributed by atoms with van der Waals surface area (Å²) >= 11 is 0. The average Bonchev–Trinajstić information content (AvgIpc) is 3.00. The van der Waals surface area contributed by atoms with Gasteiger partial charge in [-0.25, -0.2) is 4.39 Å². The summed E-state index contributed by atoms with van der Waals surface area (Å²) in [5.74, 6) is 0.343. The van der Waals surface area contributed by atoms with E-state index in [-0.39, 0.29) is 11.8 Å². The Morgan fingerprint density at radius 1 is 1.33 bits per heavy atom. The van der Waals surface area contributed by atoms with E-state index in [1.54, 1.807) is 0 Å². The molecule has 2 bridgehead atoms. The fourth-order valence-electron chi connectivity index (χ4n) is 2.77. The second-order valence-electron chi connectivity index (χ2n) is 5.15. The maximum Gasteiger partial charge on any atom is 0.228 e. The highest BCUT2D eigenvalue weighted by molar-refractivity contribution is 5.82. The number of fused-ring (bicyclic) bond motifs is 4. The predicted octanol–water partition coefficient (Wildman–Crippen LogP) is 0.555. The standard InChI is InChI=1S/C11H17FN2O/c12-10-3-9(10)11(15)14-5-7-1-2-8(6-14)13-4-7/h7-10,13H,1-6H2/t7-,8?,9?,10?/m1/s1. The fraction of sp³-hybridized carbons (Fsp3) is 0.909. The number of hydrogen-bond donors (Lipinski definition) is 1. The van der Waals surface area contributed by atoms with Crippen molar-refractivity contribution < 1.29 is 9.18 Å². The van der Waals surface area contributed by atoms with Gasteiger partial charge in [0.1, 0.15) is 6.17 Å². The number of alkyl halides is 1. The highest BCUT2D eigenvalue weighted by Crippen LogP contribution is 2.36. The Balaban J connectivity index is 1.68. The van der Waals surface area contributed by atoms with Gasteiger partial charge >= 0.3 is 0 Å². The van der Waals surface area contributed by atoms with Gasteiger partial charge in [0.25, 0.3) is 0 Å². The summed E-state index contributed by atoms with van der Waals surface area (Å²) in [6.45, 7) is 2.66. The van der Waals surface area contributed by atoms with Gasteiger partial charge in [-0.2, -0.15) is 0 Å². The summed E-state index contributed by atoms with van der Waals surface area (Å²) < 4.78 is 12.8. The van der Waals surface area contributed by atoms with Gasteiger partial charge in [0.15, 0.2) is 0 Å². The first-order chi connectivity index (χ1) is 7.24. The first kappa shape index (κ1) is 9.58. The molecular weight excluding hydrogens is 195 g/mol. The summed E-state index contributed by atoms with van der Waals surface area (Å²) in [6, 6.07) is 0.449. The van der Waals surface area contributed by atoms with E-state index in [4.69, 9.17) is 0 Å². The Labute approximate surface area is 89.0 Å². The topological polar surface area (TPSA) is 32.3 Å². The number of amides is 1. The first-order valence-electron chi connectivity index (χ1n) is 5.90. The predicted molar refractivity (Wildman–Crippen MR) is 54.1 cm³/mol. The average molecular weight is 212 g/mol. The first-order valence-corrected chi connectivity index (χ1v) is 5.90. The molecule has 1 aliphatic carbocycles. The van der Waals surface area contributed by atoms with Crippen molar-refractivity contribution in [3.05, 3.63) is 0 Å². The van der Waals surface area contributed by atoms with Crippen molar-refractivity contribution >= 4 is 5.91 Å². The Kier molecular flexibility index (Phi) is 2.20. The second kappa shape index (κ2) is 3.44. The van der Waals surface area contributed by atoms with Gasteiger partial charge in [0, 0.05) is 19.1 Å². The highest BCUT2D eigenvalue weighted by atomic mass is 19.1. The molecule has 0 aromatic rings. The molecule has 15 heavy (non-hydrogen) atoms. The molecule has 0 aromatic heterocycles. The van der Waals surface area contributed by atoms with Gasteiger partial charge in [-0.15, -0.1) is 0 Å². The monoisotopic (exact) mass is 212 g/mol. The van der Waals surface area contributed by atoms with Crippen LogP contribution in [0.25, 0.3) is 0 Å². The molecule has 0 radical (unpaired) electrons. The lowest BCUT2D eigenvalue weighted by Crippen LogP contribution is -2.41. The Hall–Kier alpha value is -0.640. The van der Waals surface area contributed by atoms with Crippen molar-refractivity contribution in [3.8, 4) is 0 Å². The molecule has 4 heteroatoms. The third kappa shape index (κ3) is 1.75. The molecule has 3 nitrogen and oxygen atoms in total. The molecule has 84 valence electrons. The van der Waals surface area contributed by atoms with Crippen molar-refractivity contribution in [2.75, 3.05) is 19.6 Å². The van der Waals surface area contributed by atoms with Crippen LogP contribution in [0.1, 0.15) is 19.3 Å². The van der Waals surface area contributed by atoms with Crippen LogP contribution in [0, 0.1) is 11.8 Å². The van der Waals surface area contributed by atoms with Crippen molar-refractivity contribution in [3.63, 3.8) is 0 Å². The number of nitrogens with zero attached hydrogens (tertiary/aromatic N) is 1. The minimum absolute atomic E-state index is 0.0584. The molecule has 4 fully saturated rings. The SMILES string of the molecule is O=C(C1CC1F)N1CC2CC[C@H](CN2)C1. The van der Waals surface area contributed by atoms with Gasteiger partial charge in [-0.3, -0.25) is 4.79 Å². The Bertz CT molecular complexity index is 262. The van der Waals surface area contributed by atoms with Crippen LogP contribution in [0.5, 0.6) is 0 Å². The molecule has 1 N–H and O–H groups in total. The lowest BCUT2D eigenvalue weighted by atomic mass is 9.97. The lowest BCUT2D eigenvalue weighted by molar-refractivity contribution is -0.133. The molecule has 3 heterocycles. The number of piperidine rings is 1. The Morgan fingerprint density at radius 2 is 2.13 bits per heavy atom. The van der Waals surface area contributed by atoms with Gasteiger partial charge in [-0.1, -0.05) is 0 Å². The van der Waals surface area contributed by atoms with Crippen molar-refractivity contribution in [2.24, 2.45) is 11.8 Å². The molecule has 4 aliphatic rings. The van der Waals surface area contributed by atoms with Crippen LogP contribution in [0.4, 0.5) is 4.39 Å². The molecule has 0 aromatic carbocycles. The summed E-state index contributed by atoms with van der Waals surface area (Å²) in [7, 11) is 0. The van der Waals surface area contributed by atoms with Crippen molar-refractivity contribution in [1.29, 1.82) is 0 Å². The van der Waals surface area contributed by atoms with E-state index in [9.17, 15) is 9.18 Å². The normalized spacial score (nSPS) is 43.9. The van der Waals surface area contributed by atoms with Crippen molar-refractivity contribution in [2.45, 2.75) is 31.5 Å². The number of hydrogen-bond acceptors (Lipinski definition) is 2. The molecule has 4 rings (SSSR count). The second-order valence-corrected chi connectivity index (χ2v) is 5.15. The maximum atomic E-state index is 12.8. The molecule has 4 atom stereocenters. The molecule has 0 spiro atoms. The minimum Gasteiger partial charge on any atom is -0.340 e. The molecule has 3 unspecified atom stereocenters. The van der Waals surface area contributed by atoms with E-state index in [0.717, 1.165) is 26.1 Å². The smallest absolute Gasteiger partial charge is 0.228 e. The van der Waals surface area contributed by atoms with Crippen LogP contribution >= 0.6 is 0 Å². The third-order valence-corrected chi connectivity index (χ3v) is 3.88. The summed E-state index contributed by atoms with van der Waals surface area (Å²) in [6.07, 6.45) is 1.98. The summed E-state index contributed by atoms with van der Waals surface area (Å²) in [5.41, 5.74) is 0. The van der Waals surface area contributed by atoms with Crippen LogP contribution in [-0.4, -0.2) is 42.7 Å². The highest BCUT2D eigenvalue weighted by Gasteiger charge is 2.46. The number of nitrogens with one attached hydrogen (secondary N) is 1. The van der Waals surface area contributed by atoms with E-state index < -0.39 is 6.17 Å².